The molecule has 2 aliphatic heterocycles. The van der Waals surface area contributed by atoms with Crippen molar-refractivity contribution in [2.24, 2.45) is 12.5 Å². The molecule has 1 aromatic rings. The van der Waals surface area contributed by atoms with Gasteiger partial charge in [-0.15, -0.1) is 0 Å². The third-order valence-corrected chi connectivity index (χ3v) is 5.71. The summed E-state index contributed by atoms with van der Waals surface area (Å²) in [5, 5.41) is 4.16. The van der Waals surface area contributed by atoms with Crippen molar-refractivity contribution in [3.05, 3.63) is 18.0 Å². The number of likely N-dealkylation sites (tertiary alicyclic amines) is 2. The molecule has 0 bridgehead atoms. The molecular weight excluding hydrogens is 332 g/mol. The fourth-order valence-electron chi connectivity index (χ4n) is 4.27. The summed E-state index contributed by atoms with van der Waals surface area (Å²) in [7, 11) is 3.55. The first kappa shape index (κ1) is 18.9. The van der Waals surface area contributed by atoms with Gasteiger partial charge in [-0.3, -0.25) is 14.3 Å². The lowest BCUT2D eigenvalue weighted by Gasteiger charge is -2.48. The fourth-order valence-corrected chi connectivity index (χ4v) is 4.27. The van der Waals surface area contributed by atoms with E-state index in [1.165, 1.54) is 0 Å². The molecular formula is C19H30N4O3. The van der Waals surface area contributed by atoms with Crippen LogP contribution >= 0.6 is 0 Å². The van der Waals surface area contributed by atoms with Crippen molar-refractivity contribution < 1.29 is 14.3 Å². The molecule has 1 spiro atoms. The van der Waals surface area contributed by atoms with Crippen LogP contribution in [-0.2, 0) is 27.8 Å². The topological polar surface area (TPSA) is 67.7 Å². The van der Waals surface area contributed by atoms with Crippen molar-refractivity contribution in [1.82, 2.24) is 19.6 Å². The number of methoxy groups -OCH3 is 1. The Kier molecular flexibility index (Phi) is 5.96. The Balaban J connectivity index is 1.57. The number of carbonyl (C=O) groups is 2. The van der Waals surface area contributed by atoms with Gasteiger partial charge in [0.2, 0.25) is 11.8 Å². The quantitative estimate of drug-likeness (QED) is 0.763. The van der Waals surface area contributed by atoms with Gasteiger partial charge in [-0.1, -0.05) is 0 Å². The van der Waals surface area contributed by atoms with E-state index in [4.69, 9.17) is 4.74 Å². The minimum Gasteiger partial charge on any atom is -0.383 e. The largest absolute Gasteiger partial charge is 0.383 e. The van der Waals surface area contributed by atoms with Crippen LogP contribution in [0.25, 0.3) is 0 Å². The molecule has 1 aromatic heterocycles. The van der Waals surface area contributed by atoms with Gasteiger partial charge in [0.05, 0.1) is 12.8 Å². The number of aryl methyl sites for hydroxylation is 2. The van der Waals surface area contributed by atoms with Crippen molar-refractivity contribution in [2.45, 2.75) is 38.5 Å². The number of rotatable bonds is 6. The first-order chi connectivity index (χ1) is 12.5. The summed E-state index contributed by atoms with van der Waals surface area (Å²) >= 11 is 0. The standard InChI is InChI=1S/C19H30N4O3/c1-21-13-16(12-20-21)4-5-17(24)22-9-3-7-19(14-22)8-6-18(25)23(15-19)10-11-26-2/h12-13H,3-11,14-15H2,1-2H3/t19-/m0/s1. The van der Waals surface area contributed by atoms with Crippen LogP contribution in [0.2, 0.25) is 0 Å². The van der Waals surface area contributed by atoms with Gasteiger partial charge < -0.3 is 14.5 Å². The summed E-state index contributed by atoms with van der Waals surface area (Å²) in [6.45, 7) is 3.57. The highest BCUT2D eigenvalue weighted by Crippen LogP contribution is 2.39. The van der Waals surface area contributed by atoms with Gasteiger partial charge in [0, 0.05) is 64.8 Å². The lowest BCUT2D eigenvalue weighted by Crippen LogP contribution is -2.55. The highest BCUT2D eigenvalue weighted by molar-refractivity contribution is 5.78. The van der Waals surface area contributed by atoms with E-state index >= 15 is 0 Å². The summed E-state index contributed by atoms with van der Waals surface area (Å²) in [5.41, 5.74) is 1.16. The van der Waals surface area contributed by atoms with Crippen molar-refractivity contribution >= 4 is 11.8 Å². The van der Waals surface area contributed by atoms with Crippen LogP contribution < -0.4 is 0 Å². The predicted molar refractivity (Wildman–Crippen MR) is 97.5 cm³/mol. The lowest BCUT2D eigenvalue weighted by atomic mass is 9.73. The van der Waals surface area contributed by atoms with E-state index in [-0.39, 0.29) is 17.2 Å². The number of aromatic nitrogens is 2. The van der Waals surface area contributed by atoms with E-state index in [1.807, 2.05) is 29.2 Å². The molecule has 2 amide bonds. The van der Waals surface area contributed by atoms with Gasteiger partial charge in [0.1, 0.15) is 0 Å². The van der Waals surface area contributed by atoms with E-state index in [0.29, 0.717) is 26.0 Å². The zero-order valence-electron chi connectivity index (χ0n) is 15.9. The monoisotopic (exact) mass is 362 g/mol. The van der Waals surface area contributed by atoms with Gasteiger partial charge in [0.15, 0.2) is 0 Å². The van der Waals surface area contributed by atoms with Crippen LogP contribution in [0.3, 0.4) is 0 Å². The molecule has 7 heteroatoms. The number of ether oxygens (including phenoxy) is 1. The second kappa shape index (κ2) is 8.20. The number of hydrogen-bond donors (Lipinski definition) is 0. The van der Waals surface area contributed by atoms with Gasteiger partial charge in [-0.2, -0.15) is 5.10 Å². The summed E-state index contributed by atoms with van der Waals surface area (Å²) < 4.78 is 6.91. The van der Waals surface area contributed by atoms with E-state index in [1.54, 1.807) is 11.8 Å². The molecule has 2 aliphatic rings. The molecule has 3 rings (SSSR count). The number of nitrogens with zero attached hydrogens (tertiary/aromatic N) is 4. The summed E-state index contributed by atoms with van der Waals surface area (Å²) in [6, 6.07) is 0. The van der Waals surface area contributed by atoms with Crippen molar-refractivity contribution in [2.75, 3.05) is 39.9 Å². The molecule has 0 unspecified atom stereocenters. The van der Waals surface area contributed by atoms with Crippen LogP contribution in [0.1, 0.15) is 37.7 Å². The average Bonchev–Trinajstić information content (AvgIpc) is 3.06. The Hall–Kier alpha value is -1.89. The van der Waals surface area contributed by atoms with Crippen LogP contribution in [0.15, 0.2) is 12.4 Å². The molecule has 3 heterocycles. The number of hydrogen-bond acceptors (Lipinski definition) is 4. The second-order valence-electron chi connectivity index (χ2n) is 7.75. The maximum Gasteiger partial charge on any atom is 0.222 e. The molecule has 7 nitrogen and oxygen atoms in total. The highest BCUT2D eigenvalue weighted by Gasteiger charge is 2.42. The van der Waals surface area contributed by atoms with Gasteiger partial charge in [-0.05, 0) is 31.2 Å². The van der Waals surface area contributed by atoms with Crippen LogP contribution in [0.5, 0.6) is 0 Å². The Morgan fingerprint density at radius 3 is 2.92 bits per heavy atom. The molecule has 0 N–H and O–H groups in total. The third kappa shape index (κ3) is 4.44. The lowest BCUT2D eigenvalue weighted by molar-refractivity contribution is -0.143. The second-order valence-corrected chi connectivity index (χ2v) is 7.75. The minimum atomic E-state index is 0.0594. The van der Waals surface area contributed by atoms with Crippen molar-refractivity contribution in [3.8, 4) is 0 Å². The van der Waals surface area contributed by atoms with Gasteiger partial charge in [-0.25, -0.2) is 0 Å². The Bertz CT molecular complexity index is 644. The molecule has 2 saturated heterocycles. The normalized spacial score (nSPS) is 23.7. The molecule has 0 aromatic carbocycles. The van der Waals surface area contributed by atoms with Crippen molar-refractivity contribution in [1.29, 1.82) is 0 Å². The number of amides is 2. The summed E-state index contributed by atoms with van der Waals surface area (Å²) in [5.74, 6) is 0.431. The molecule has 2 fully saturated rings. The minimum absolute atomic E-state index is 0.0594. The fraction of sp³-hybridized carbons (Fsp3) is 0.737. The summed E-state index contributed by atoms with van der Waals surface area (Å²) in [4.78, 5) is 28.9. The predicted octanol–water partition coefficient (Wildman–Crippen LogP) is 1.23. The Labute approximate surface area is 155 Å². The van der Waals surface area contributed by atoms with Crippen LogP contribution in [0, 0.1) is 5.41 Å². The van der Waals surface area contributed by atoms with Crippen LogP contribution in [0.4, 0.5) is 0 Å². The molecule has 144 valence electrons. The highest BCUT2D eigenvalue weighted by atomic mass is 16.5. The molecule has 0 radical (unpaired) electrons. The average molecular weight is 362 g/mol. The smallest absolute Gasteiger partial charge is 0.222 e. The van der Waals surface area contributed by atoms with Gasteiger partial charge in [0.25, 0.3) is 0 Å². The Morgan fingerprint density at radius 2 is 2.19 bits per heavy atom. The SMILES string of the molecule is COCCN1C[C@@]2(CCCN(C(=O)CCc3cnn(C)c3)C2)CCC1=O. The molecule has 26 heavy (non-hydrogen) atoms. The third-order valence-electron chi connectivity index (χ3n) is 5.71. The first-order valence-electron chi connectivity index (χ1n) is 9.53. The van der Waals surface area contributed by atoms with E-state index in [9.17, 15) is 9.59 Å². The number of piperidine rings is 2. The van der Waals surface area contributed by atoms with Crippen LogP contribution in [-0.4, -0.2) is 71.3 Å². The first-order valence-corrected chi connectivity index (χ1v) is 9.53. The van der Waals surface area contributed by atoms with E-state index in [0.717, 1.165) is 50.9 Å². The van der Waals surface area contributed by atoms with Gasteiger partial charge >= 0.3 is 0 Å². The maximum absolute atomic E-state index is 12.7. The Morgan fingerprint density at radius 1 is 1.35 bits per heavy atom. The molecule has 0 aliphatic carbocycles. The van der Waals surface area contributed by atoms with E-state index in [2.05, 4.69) is 5.10 Å². The molecule has 0 saturated carbocycles. The number of carbonyl (C=O) groups excluding carboxylic acids is 2. The summed E-state index contributed by atoms with van der Waals surface area (Å²) in [6.07, 6.45) is 8.63. The van der Waals surface area contributed by atoms with E-state index < -0.39 is 0 Å². The zero-order valence-corrected chi connectivity index (χ0v) is 15.9. The zero-order chi connectivity index (χ0) is 18.6. The maximum atomic E-state index is 12.7. The molecule has 1 atom stereocenters. The van der Waals surface area contributed by atoms with Crippen molar-refractivity contribution in [3.63, 3.8) is 0 Å².